The van der Waals surface area contributed by atoms with E-state index in [4.69, 9.17) is 4.74 Å². The molecule has 0 aromatic heterocycles. The number of carbonyl (C=O) groups excluding carboxylic acids is 2. The van der Waals surface area contributed by atoms with E-state index in [9.17, 15) is 9.59 Å². The normalized spacial score (nSPS) is 10.6. The first-order valence-corrected chi connectivity index (χ1v) is 9.62. The van der Waals surface area contributed by atoms with Crippen molar-refractivity contribution in [3.8, 4) is 5.75 Å². The summed E-state index contributed by atoms with van der Waals surface area (Å²) in [4.78, 5) is 24.1. The lowest BCUT2D eigenvalue weighted by Gasteiger charge is -2.11. The van der Waals surface area contributed by atoms with Crippen molar-refractivity contribution in [2.24, 2.45) is 0 Å². The Labute approximate surface area is 166 Å². The average Bonchev–Trinajstić information content (AvgIpc) is 2.67. The molecule has 150 valence electrons. The largest absolute Gasteiger partial charge is 0.491 e. The van der Waals surface area contributed by atoms with Gasteiger partial charge < -0.3 is 20.7 Å². The van der Waals surface area contributed by atoms with Crippen molar-refractivity contribution in [1.82, 2.24) is 10.6 Å². The van der Waals surface area contributed by atoms with E-state index in [1.807, 2.05) is 45.0 Å². The molecule has 0 atom stereocenters. The van der Waals surface area contributed by atoms with Crippen LogP contribution in [0.4, 0.5) is 5.69 Å². The van der Waals surface area contributed by atoms with E-state index in [0.717, 1.165) is 17.7 Å². The Morgan fingerprint density at radius 2 is 1.82 bits per heavy atom. The molecule has 2 amide bonds. The van der Waals surface area contributed by atoms with Crippen molar-refractivity contribution in [3.05, 3.63) is 59.7 Å². The summed E-state index contributed by atoms with van der Waals surface area (Å²) in [6, 6.07) is 14.7. The van der Waals surface area contributed by atoms with Gasteiger partial charge in [-0.15, -0.1) is 0 Å². The van der Waals surface area contributed by atoms with Crippen LogP contribution < -0.4 is 20.7 Å². The van der Waals surface area contributed by atoms with Gasteiger partial charge in [0.05, 0.1) is 12.6 Å². The Hall–Kier alpha value is -2.86. The summed E-state index contributed by atoms with van der Waals surface area (Å²) >= 11 is 0. The third kappa shape index (κ3) is 7.40. The summed E-state index contributed by atoms with van der Waals surface area (Å²) < 4.78 is 5.61. The predicted molar refractivity (Wildman–Crippen MR) is 112 cm³/mol. The van der Waals surface area contributed by atoms with Crippen LogP contribution in [0.5, 0.6) is 5.75 Å². The Bertz CT molecular complexity index is 773. The zero-order valence-corrected chi connectivity index (χ0v) is 16.7. The van der Waals surface area contributed by atoms with Gasteiger partial charge in [0, 0.05) is 24.3 Å². The van der Waals surface area contributed by atoms with Crippen molar-refractivity contribution >= 4 is 17.5 Å². The molecular formula is C22H29N3O3. The maximum atomic E-state index is 12.1. The van der Waals surface area contributed by atoms with Crippen LogP contribution in [0.1, 0.15) is 43.1 Å². The molecule has 0 aliphatic rings. The van der Waals surface area contributed by atoms with E-state index in [1.165, 1.54) is 0 Å². The first kappa shape index (κ1) is 21.4. The first-order chi connectivity index (χ1) is 13.5. The zero-order valence-electron chi connectivity index (χ0n) is 16.7. The maximum absolute atomic E-state index is 12.1. The smallest absolute Gasteiger partial charge is 0.251 e. The molecule has 3 N–H and O–H groups in total. The Morgan fingerprint density at radius 1 is 1.07 bits per heavy atom. The molecule has 6 nitrogen and oxygen atoms in total. The monoisotopic (exact) mass is 383 g/mol. The van der Waals surface area contributed by atoms with Crippen molar-refractivity contribution in [3.63, 3.8) is 0 Å². The van der Waals surface area contributed by atoms with E-state index in [2.05, 4.69) is 16.0 Å². The maximum Gasteiger partial charge on any atom is 0.251 e. The van der Waals surface area contributed by atoms with Crippen LogP contribution in [0, 0.1) is 0 Å². The fourth-order valence-electron chi connectivity index (χ4n) is 2.56. The predicted octanol–water partition coefficient (Wildman–Crippen LogP) is 3.34. The van der Waals surface area contributed by atoms with Crippen molar-refractivity contribution in [2.75, 3.05) is 18.4 Å². The van der Waals surface area contributed by atoms with Gasteiger partial charge in [0.1, 0.15) is 5.75 Å². The molecule has 0 spiro atoms. The van der Waals surface area contributed by atoms with Gasteiger partial charge in [0.15, 0.2) is 0 Å². The third-order valence-electron chi connectivity index (χ3n) is 3.85. The van der Waals surface area contributed by atoms with Crippen molar-refractivity contribution in [2.45, 2.75) is 39.8 Å². The molecule has 0 radical (unpaired) electrons. The molecule has 28 heavy (non-hydrogen) atoms. The van der Waals surface area contributed by atoms with E-state index >= 15 is 0 Å². The van der Waals surface area contributed by atoms with Crippen LogP contribution in [0.2, 0.25) is 0 Å². The number of ether oxygens (including phenoxy) is 1. The molecule has 0 heterocycles. The molecular weight excluding hydrogens is 354 g/mol. The van der Waals surface area contributed by atoms with Gasteiger partial charge >= 0.3 is 0 Å². The van der Waals surface area contributed by atoms with Crippen LogP contribution in [-0.2, 0) is 11.3 Å². The molecule has 0 bridgehead atoms. The lowest BCUT2D eigenvalue weighted by Crippen LogP contribution is -2.28. The lowest BCUT2D eigenvalue weighted by molar-refractivity contribution is -0.115. The minimum atomic E-state index is -0.161. The fourth-order valence-corrected chi connectivity index (χ4v) is 2.56. The van der Waals surface area contributed by atoms with Gasteiger partial charge in [-0.1, -0.05) is 25.1 Å². The highest BCUT2D eigenvalue weighted by atomic mass is 16.5. The Morgan fingerprint density at radius 3 is 2.50 bits per heavy atom. The number of hydrogen-bond donors (Lipinski definition) is 3. The second-order valence-corrected chi connectivity index (χ2v) is 6.80. The number of amides is 2. The topological polar surface area (TPSA) is 79.5 Å². The highest BCUT2D eigenvalue weighted by molar-refractivity contribution is 5.97. The van der Waals surface area contributed by atoms with Gasteiger partial charge in [-0.3, -0.25) is 9.59 Å². The summed E-state index contributed by atoms with van der Waals surface area (Å²) in [5, 5.41) is 8.75. The first-order valence-electron chi connectivity index (χ1n) is 9.62. The molecule has 2 aromatic rings. The second-order valence-electron chi connectivity index (χ2n) is 6.80. The number of nitrogens with one attached hydrogen (secondary N) is 3. The number of benzene rings is 2. The van der Waals surface area contributed by atoms with E-state index in [1.54, 1.807) is 24.3 Å². The molecule has 2 aromatic carbocycles. The van der Waals surface area contributed by atoms with Crippen LogP contribution in [-0.4, -0.2) is 31.0 Å². The number of rotatable bonds is 10. The van der Waals surface area contributed by atoms with Gasteiger partial charge in [-0.2, -0.15) is 0 Å². The summed E-state index contributed by atoms with van der Waals surface area (Å²) in [6.07, 6.45) is 1.02. The standard InChI is InChI=1S/C22H29N3O3/c1-4-12-24-22(27)18-6-5-7-19(13-18)25-21(26)15-23-14-17-8-10-20(11-9-17)28-16(2)3/h5-11,13,16,23H,4,12,14-15H2,1-3H3,(H,24,27)(H,25,26). The summed E-state index contributed by atoms with van der Waals surface area (Å²) in [5.41, 5.74) is 2.20. The van der Waals surface area contributed by atoms with E-state index < -0.39 is 0 Å². The SMILES string of the molecule is CCCNC(=O)c1cccc(NC(=O)CNCc2ccc(OC(C)C)cc2)c1. The van der Waals surface area contributed by atoms with Crippen LogP contribution in [0.25, 0.3) is 0 Å². The van der Waals surface area contributed by atoms with Crippen molar-refractivity contribution in [1.29, 1.82) is 0 Å². The third-order valence-corrected chi connectivity index (χ3v) is 3.85. The fraction of sp³-hybridized carbons (Fsp3) is 0.364. The van der Waals surface area contributed by atoms with E-state index in [0.29, 0.717) is 24.3 Å². The number of anilines is 1. The quantitative estimate of drug-likeness (QED) is 0.588. The van der Waals surface area contributed by atoms with Crippen molar-refractivity contribution < 1.29 is 14.3 Å². The molecule has 2 rings (SSSR count). The average molecular weight is 383 g/mol. The van der Waals surface area contributed by atoms with Crippen LogP contribution in [0.3, 0.4) is 0 Å². The summed E-state index contributed by atoms with van der Waals surface area (Å²) in [5.74, 6) is 0.534. The molecule has 0 aliphatic heterocycles. The molecule has 6 heteroatoms. The molecule has 0 saturated carbocycles. The van der Waals surface area contributed by atoms with E-state index in [-0.39, 0.29) is 24.5 Å². The summed E-state index contributed by atoms with van der Waals surface area (Å²) in [6.45, 7) is 7.36. The second kappa shape index (κ2) is 11.1. The molecule has 0 fully saturated rings. The van der Waals surface area contributed by atoms with Crippen LogP contribution >= 0.6 is 0 Å². The molecule has 0 saturated heterocycles. The van der Waals surface area contributed by atoms with Gasteiger partial charge in [-0.25, -0.2) is 0 Å². The highest BCUT2D eigenvalue weighted by Gasteiger charge is 2.07. The van der Waals surface area contributed by atoms with Gasteiger partial charge in [-0.05, 0) is 56.2 Å². The lowest BCUT2D eigenvalue weighted by atomic mass is 10.2. The minimum Gasteiger partial charge on any atom is -0.491 e. The highest BCUT2D eigenvalue weighted by Crippen LogP contribution is 2.14. The number of hydrogen-bond acceptors (Lipinski definition) is 4. The molecule has 0 unspecified atom stereocenters. The van der Waals surface area contributed by atoms with Gasteiger partial charge in [0.2, 0.25) is 5.91 Å². The van der Waals surface area contributed by atoms with Gasteiger partial charge in [0.25, 0.3) is 5.91 Å². The summed E-state index contributed by atoms with van der Waals surface area (Å²) in [7, 11) is 0. The zero-order chi connectivity index (χ0) is 20.4. The number of carbonyl (C=O) groups is 2. The minimum absolute atomic E-state index is 0.138. The Kier molecular flexibility index (Phi) is 8.49. The molecule has 0 aliphatic carbocycles. The van der Waals surface area contributed by atoms with Crippen LogP contribution in [0.15, 0.2) is 48.5 Å². The Balaban J connectivity index is 1.78.